The fraction of sp³-hybridized carbons (Fsp3) is 0.538. The van der Waals surface area contributed by atoms with Crippen LogP contribution in [0.5, 0.6) is 5.88 Å². The lowest BCUT2D eigenvalue weighted by molar-refractivity contribution is 0.287. The molecule has 1 aromatic heterocycles. The zero-order valence-corrected chi connectivity index (χ0v) is 11.2. The Morgan fingerprint density at radius 2 is 2.24 bits per heavy atom. The molecule has 0 aromatic carbocycles. The fourth-order valence-corrected chi connectivity index (χ4v) is 1.70. The van der Waals surface area contributed by atoms with Crippen molar-refractivity contribution in [3.05, 3.63) is 22.3 Å². The van der Waals surface area contributed by atoms with Gasteiger partial charge in [-0.1, -0.05) is 25.4 Å². The molecule has 0 bridgehead atoms. The number of hydrogen-bond acceptors (Lipinski definition) is 3. The molecule has 0 aliphatic carbocycles. The van der Waals surface area contributed by atoms with E-state index < -0.39 is 0 Å². The summed E-state index contributed by atoms with van der Waals surface area (Å²) in [6.07, 6.45) is 2.07. The second kappa shape index (κ2) is 6.46. The zero-order chi connectivity index (χ0) is 12.8. The molecule has 1 rings (SSSR count). The molecule has 1 aromatic rings. The molecule has 0 saturated heterocycles. The van der Waals surface area contributed by atoms with Crippen LogP contribution in [0, 0.1) is 24.2 Å². The maximum Gasteiger partial charge on any atom is 0.233 e. The van der Waals surface area contributed by atoms with Gasteiger partial charge in [-0.25, -0.2) is 4.98 Å². The summed E-state index contributed by atoms with van der Waals surface area (Å²) in [6, 6.07) is 3.73. The molecular weight excluding hydrogens is 236 g/mol. The number of nitrogens with zero attached hydrogens (tertiary/aromatic N) is 2. The number of aryl methyl sites for hydroxylation is 1. The van der Waals surface area contributed by atoms with Crippen LogP contribution in [0.1, 0.15) is 37.9 Å². The highest BCUT2D eigenvalue weighted by Gasteiger charge is 2.08. The number of nitriles is 1. The smallest absolute Gasteiger partial charge is 0.233 e. The largest absolute Gasteiger partial charge is 0.477 e. The van der Waals surface area contributed by atoms with E-state index in [0.29, 0.717) is 29.1 Å². The van der Waals surface area contributed by atoms with Crippen molar-refractivity contribution in [3.63, 3.8) is 0 Å². The molecule has 3 nitrogen and oxygen atoms in total. The van der Waals surface area contributed by atoms with E-state index in [0.717, 1.165) is 18.4 Å². The lowest BCUT2D eigenvalue weighted by Gasteiger charge is -2.09. The maximum atomic E-state index is 8.87. The highest BCUT2D eigenvalue weighted by Crippen LogP contribution is 2.24. The number of halogens is 1. The summed E-state index contributed by atoms with van der Waals surface area (Å²) in [7, 11) is 0. The van der Waals surface area contributed by atoms with E-state index in [1.54, 1.807) is 13.0 Å². The van der Waals surface area contributed by atoms with E-state index in [4.69, 9.17) is 21.6 Å². The summed E-state index contributed by atoms with van der Waals surface area (Å²) in [5, 5.41) is 9.33. The molecule has 0 N–H and O–H groups in total. The van der Waals surface area contributed by atoms with Crippen molar-refractivity contribution >= 4 is 11.6 Å². The van der Waals surface area contributed by atoms with Gasteiger partial charge in [-0.05, 0) is 37.3 Å². The van der Waals surface area contributed by atoms with E-state index >= 15 is 0 Å². The molecular formula is C13H17ClN2O. The first kappa shape index (κ1) is 13.8. The molecule has 0 aliphatic rings. The number of rotatable bonds is 5. The second-order valence-electron chi connectivity index (χ2n) is 4.44. The lowest BCUT2D eigenvalue weighted by atomic mass is 10.1. The Labute approximate surface area is 107 Å². The number of pyridine rings is 1. The third kappa shape index (κ3) is 4.24. The monoisotopic (exact) mass is 252 g/mol. The zero-order valence-electron chi connectivity index (χ0n) is 10.5. The second-order valence-corrected chi connectivity index (χ2v) is 4.84. The van der Waals surface area contributed by atoms with Gasteiger partial charge in [0.15, 0.2) is 0 Å². The van der Waals surface area contributed by atoms with Crippen LogP contribution < -0.4 is 4.74 Å². The SMILES string of the molecule is Cc1cc(Cl)c(OCCCC(C)C)nc1C#N. The van der Waals surface area contributed by atoms with Crippen molar-refractivity contribution in [1.82, 2.24) is 4.98 Å². The number of aromatic nitrogens is 1. The predicted octanol–water partition coefficient (Wildman–Crippen LogP) is 3.73. The minimum atomic E-state index is 0.359. The molecule has 0 radical (unpaired) electrons. The van der Waals surface area contributed by atoms with Crippen LogP contribution in [0.25, 0.3) is 0 Å². The quantitative estimate of drug-likeness (QED) is 0.750. The van der Waals surface area contributed by atoms with E-state index in [1.807, 2.05) is 6.07 Å². The molecule has 0 spiro atoms. The normalized spacial score (nSPS) is 10.4. The van der Waals surface area contributed by atoms with Crippen molar-refractivity contribution in [2.45, 2.75) is 33.6 Å². The first-order valence-electron chi connectivity index (χ1n) is 5.74. The number of ether oxygens (including phenoxy) is 1. The Morgan fingerprint density at radius 3 is 2.82 bits per heavy atom. The molecule has 0 unspecified atom stereocenters. The predicted molar refractivity (Wildman–Crippen MR) is 68.3 cm³/mol. The highest BCUT2D eigenvalue weighted by atomic mass is 35.5. The standard InChI is InChI=1S/C13H17ClN2O/c1-9(2)5-4-6-17-13-11(14)7-10(3)12(8-15)16-13/h7,9H,4-6H2,1-3H3. The van der Waals surface area contributed by atoms with Crippen LogP contribution in [0.15, 0.2) is 6.07 Å². The summed E-state index contributed by atoms with van der Waals surface area (Å²) in [5.74, 6) is 1.02. The average molecular weight is 253 g/mol. The van der Waals surface area contributed by atoms with Gasteiger partial charge >= 0.3 is 0 Å². The molecule has 0 fully saturated rings. The molecule has 0 atom stereocenters. The van der Waals surface area contributed by atoms with Gasteiger partial charge < -0.3 is 4.74 Å². The van der Waals surface area contributed by atoms with Gasteiger partial charge in [0.25, 0.3) is 0 Å². The minimum absolute atomic E-state index is 0.359. The molecule has 17 heavy (non-hydrogen) atoms. The summed E-state index contributed by atoms with van der Waals surface area (Å²) in [6.45, 7) is 6.73. The lowest BCUT2D eigenvalue weighted by Crippen LogP contribution is -2.03. The maximum absolute atomic E-state index is 8.87. The van der Waals surface area contributed by atoms with Crippen molar-refractivity contribution in [3.8, 4) is 11.9 Å². The minimum Gasteiger partial charge on any atom is -0.477 e. The van der Waals surface area contributed by atoms with Gasteiger partial charge in [-0.2, -0.15) is 5.26 Å². The van der Waals surface area contributed by atoms with Crippen LogP contribution in [-0.2, 0) is 0 Å². The van der Waals surface area contributed by atoms with Crippen molar-refractivity contribution in [2.75, 3.05) is 6.61 Å². The first-order valence-corrected chi connectivity index (χ1v) is 6.12. The summed E-state index contributed by atoms with van der Waals surface area (Å²) in [5.41, 5.74) is 1.14. The van der Waals surface area contributed by atoms with E-state index in [2.05, 4.69) is 18.8 Å². The van der Waals surface area contributed by atoms with Crippen LogP contribution in [0.4, 0.5) is 0 Å². The molecule has 0 saturated carbocycles. The Bertz CT molecular complexity index is 424. The van der Waals surface area contributed by atoms with Gasteiger partial charge in [-0.3, -0.25) is 0 Å². The number of hydrogen-bond donors (Lipinski definition) is 0. The molecule has 0 amide bonds. The third-order valence-electron chi connectivity index (χ3n) is 2.40. The van der Waals surface area contributed by atoms with Gasteiger partial charge in [-0.15, -0.1) is 0 Å². The van der Waals surface area contributed by atoms with E-state index in [1.165, 1.54) is 0 Å². The molecule has 1 heterocycles. The molecule has 92 valence electrons. The Kier molecular flexibility index (Phi) is 5.24. The summed E-state index contributed by atoms with van der Waals surface area (Å²) < 4.78 is 5.49. The van der Waals surface area contributed by atoms with Crippen LogP contribution in [0.2, 0.25) is 5.02 Å². The highest BCUT2D eigenvalue weighted by molar-refractivity contribution is 6.31. The van der Waals surface area contributed by atoms with E-state index in [-0.39, 0.29) is 0 Å². The van der Waals surface area contributed by atoms with Crippen LogP contribution in [0.3, 0.4) is 0 Å². The topological polar surface area (TPSA) is 45.9 Å². The van der Waals surface area contributed by atoms with Crippen molar-refractivity contribution < 1.29 is 4.74 Å². The van der Waals surface area contributed by atoms with Crippen LogP contribution in [-0.4, -0.2) is 11.6 Å². The first-order chi connectivity index (χ1) is 8.04. The molecule has 4 heteroatoms. The van der Waals surface area contributed by atoms with E-state index in [9.17, 15) is 0 Å². The van der Waals surface area contributed by atoms with Gasteiger partial charge in [0.05, 0.1) is 6.61 Å². The van der Waals surface area contributed by atoms with Gasteiger partial charge in [0.2, 0.25) is 5.88 Å². The Morgan fingerprint density at radius 1 is 1.53 bits per heavy atom. The van der Waals surface area contributed by atoms with Crippen molar-refractivity contribution in [1.29, 1.82) is 5.26 Å². The Balaban J connectivity index is 2.62. The van der Waals surface area contributed by atoms with Crippen molar-refractivity contribution in [2.24, 2.45) is 5.92 Å². The summed E-state index contributed by atoms with van der Waals surface area (Å²) in [4.78, 5) is 4.09. The fourth-order valence-electron chi connectivity index (χ4n) is 1.44. The Hall–Kier alpha value is -1.27. The van der Waals surface area contributed by atoms with Crippen LogP contribution >= 0.6 is 11.6 Å². The average Bonchev–Trinajstić information content (AvgIpc) is 2.26. The summed E-state index contributed by atoms with van der Waals surface area (Å²) >= 11 is 6.00. The van der Waals surface area contributed by atoms with Gasteiger partial charge in [0, 0.05) is 0 Å². The van der Waals surface area contributed by atoms with Gasteiger partial charge in [0.1, 0.15) is 16.8 Å². The third-order valence-corrected chi connectivity index (χ3v) is 2.68. The molecule has 0 aliphatic heterocycles.